The van der Waals surface area contributed by atoms with Gasteiger partial charge in [0, 0.05) is 38.6 Å². The van der Waals surface area contributed by atoms with Crippen LogP contribution in [0.15, 0.2) is 53.7 Å². The van der Waals surface area contributed by atoms with Gasteiger partial charge in [0.25, 0.3) is 5.91 Å². The predicted octanol–water partition coefficient (Wildman–Crippen LogP) is 1.70. The summed E-state index contributed by atoms with van der Waals surface area (Å²) in [6.45, 7) is 0.662. The monoisotopic (exact) mass is 426 g/mol. The molecule has 4 rings (SSSR count). The van der Waals surface area contributed by atoms with Crippen molar-refractivity contribution in [2.24, 2.45) is 0 Å². The highest BCUT2D eigenvalue weighted by Crippen LogP contribution is 2.40. The van der Waals surface area contributed by atoms with Crippen LogP contribution in [0.5, 0.6) is 0 Å². The van der Waals surface area contributed by atoms with E-state index in [4.69, 9.17) is 10.00 Å². The number of hydrogen-bond donors (Lipinski definition) is 0. The largest absolute Gasteiger partial charge is 0.369 e. The van der Waals surface area contributed by atoms with E-state index in [1.807, 2.05) is 23.1 Å². The number of likely N-dealkylation sites (tertiary alicyclic amines) is 1. The molecule has 9 heteroatoms. The molecule has 2 atom stereocenters. The minimum absolute atomic E-state index is 0.0468. The summed E-state index contributed by atoms with van der Waals surface area (Å²) in [4.78, 5) is 18.7. The fourth-order valence-electron chi connectivity index (χ4n) is 4.23. The summed E-state index contributed by atoms with van der Waals surface area (Å²) < 4.78 is 32.7. The maximum absolute atomic E-state index is 12.9. The highest BCUT2D eigenvalue weighted by molar-refractivity contribution is 7.89. The summed E-state index contributed by atoms with van der Waals surface area (Å²) in [5, 5.41) is 8.90. The highest BCUT2D eigenvalue weighted by Gasteiger charge is 2.52. The summed E-state index contributed by atoms with van der Waals surface area (Å²) in [5.41, 5.74) is 1.38. The molecule has 2 aliphatic heterocycles. The lowest BCUT2D eigenvalue weighted by Gasteiger charge is -2.52. The van der Waals surface area contributed by atoms with E-state index in [1.54, 1.807) is 12.4 Å². The Morgan fingerprint density at radius 3 is 2.30 bits per heavy atom. The van der Waals surface area contributed by atoms with Gasteiger partial charge in [-0.25, -0.2) is 8.42 Å². The molecule has 30 heavy (non-hydrogen) atoms. The molecule has 0 saturated carbocycles. The first-order valence-electron chi connectivity index (χ1n) is 9.72. The Balaban J connectivity index is 1.47. The molecule has 2 fully saturated rings. The Labute approximate surface area is 175 Å². The normalized spacial score (nSPS) is 23.1. The van der Waals surface area contributed by atoms with E-state index in [0.717, 1.165) is 5.56 Å². The molecule has 8 nitrogen and oxygen atoms in total. The first-order valence-corrected chi connectivity index (χ1v) is 11.2. The predicted molar refractivity (Wildman–Crippen MR) is 108 cm³/mol. The zero-order valence-corrected chi connectivity index (χ0v) is 17.3. The lowest BCUT2D eigenvalue weighted by atomic mass is 9.87. The topological polar surface area (TPSA) is 104 Å². The molecule has 1 amide bonds. The summed E-state index contributed by atoms with van der Waals surface area (Å²) >= 11 is 0. The maximum Gasteiger partial charge on any atom is 0.255 e. The van der Waals surface area contributed by atoms with Gasteiger partial charge >= 0.3 is 0 Å². The molecule has 2 saturated heterocycles. The van der Waals surface area contributed by atoms with Crippen molar-refractivity contribution in [2.45, 2.75) is 35.9 Å². The Kier molecular flexibility index (Phi) is 5.56. The molecule has 1 aromatic carbocycles. The van der Waals surface area contributed by atoms with Gasteiger partial charge in [0.1, 0.15) is 0 Å². The van der Waals surface area contributed by atoms with E-state index < -0.39 is 16.1 Å². The number of hydrogen-bond acceptors (Lipinski definition) is 6. The van der Waals surface area contributed by atoms with Crippen LogP contribution in [0.1, 0.15) is 30.0 Å². The molecule has 0 N–H and O–H groups in total. The molecule has 0 bridgehead atoms. The van der Waals surface area contributed by atoms with Gasteiger partial charge in [-0.15, -0.1) is 0 Å². The van der Waals surface area contributed by atoms with Gasteiger partial charge in [0.2, 0.25) is 10.0 Å². The Hall–Kier alpha value is -2.80. The molecule has 2 unspecified atom stereocenters. The first kappa shape index (κ1) is 20.5. The van der Waals surface area contributed by atoms with Crippen LogP contribution in [0.3, 0.4) is 0 Å². The first-order chi connectivity index (χ1) is 14.5. The van der Waals surface area contributed by atoms with Crippen molar-refractivity contribution in [2.75, 3.05) is 20.2 Å². The van der Waals surface area contributed by atoms with E-state index in [0.29, 0.717) is 31.5 Å². The number of rotatable bonds is 5. The zero-order valence-electron chi connectivity index (χ0n) is 16.5. The van der Waals surface area contributed by atoms with Gasteiger partial charge in [-0.1, -0.05) is 0 Å². The Bertz CT molecular complexity index is 1060. The van der Waals surface area contributed by atoms with Crippen molar-refractivity contribution >= 4 is 15.9 Å². The fraction of sp³-hybridized carbons (Fsp3) is 0.381. The summed E-state index contributed by atoms with van der Waals surface area (Å²) in [6, 6.07) is 11.4. The second kappa shape index (κ2) is 8.14. The van der Waals surface area contributed by atoms with Gasteiger partial charge in [-0.05, 0) is 54.8 Å². The van der Waals surface area contributed by atoms with Crippen LogP contribution in [-0.4, -0.2) is 60.9 Å². The average molecular weight is 426 g/mol. The van der Waals surface area contributed by atoms with Crippen LogP contribution >= 0.6 is 0 Å². The van der Waals surface area contributed by atoms with Crippen LogP contribution < -0.4 is 0 Å². The van der Waals surface area contributed by atoms with Crippen molar-refractivity contribution in [3.8, 4) is 6.07 Å². The molecule has 0 spiro atoms. The minimum atomic E-state index is -3.63. The van der Waals surface area contributed by atoms with E-state index in [2.05, 4.69) is 4.98 Å². The van der Waals surface area contributed by atoms with Gasteiger partial charge in [-0.2, -0.15) is 9.57 Å². The number of amides is 1. The van der Waals surface area contributed by atoms with Crippen LogP contribution in [0.2, 0.25) is 0 Å². The fourth-order valence-corrected chi connectivity index (χ4v) is 5.70. The maximum atomic E-state index is 12.9. The number of carbonyl (C=O) groups is 1. The second-order valence-corrected chi connectivity index (χ2v) is 9.34. The van der Waals surface area contributed by atoms with E-state index >= 15 is 0 Å². The number of carbonyl (C=O) groups excluding carboxylic acids is 1. The van der Waals surface area contributed by atoms with Gasteiger partial charge in [-0.3, -0.25) is 9.78 Å². The molecular formula is C21H22N4O4S. The SMILES string of the molecule is COC1C(=O)N(C2CCN(S(=O)(=O)c3ccc(C#N)cc3)CC2)C1c1ccncc1. The van der Waals surface area contributed by atoms with E-state index in [1.165, 1.54) is 35.7 Å². The summed E-state index contributed by atoms with van der Waals surface area (Å²) in [5.74, 6) is -0.0623. The quantitative estimate of drug-likeness (QED) is 0.674. The summed E-state index contributed by atoms with van der Waals surface area (Å²) in [6.07, 6.45) is 3.97. The number of nitrogens with zero attached hydrogens (tertiary/aromatic N) is 4. The molecule has 3 heterocycles. The molecule has 0 aliphatic carbocycles. The molecule has 156 valence electrons. The number of aromatic nitrogens is 1. The van der Waals surface area contributed by atoms with Gasteiger partial charge in [0.15, 0.2) is 6.10 Å². The zero-order chi connectivity index (χ0) is 21.3. The number of β-lactam (4-membered cyclic amide) rings is 1. The third kappa shape index (κ3) is 3.47. The lowest BCUT2D eigenvalue weighted by molar-refractivity contribution is -0.178. The Morgan fingerprint density at radius 2 is 1.73 bits per heavy atom. The van der Waals surface area contributed by atoms with Crippen molar-refractivity contribution in [1.82, 2.24) is 14.2 Å². The smallest absolute Gasteiger partial charge is 0.255 e. The van der Waals surface area contributed by atoms with Gasteiger partial charge in [0.05, 0.1) is 22.6 Å². The third-order valence-electron chi connectivity index (χ3n) is 5.82. The van der Waals surface area contributed by atoms with Crippen LogP contribution in [0, 0.1) is 11.3 Å². The second-order valence-electron chi connectivity index (χ2n) is 7.40. The number of methoxy groups -OCH3 is 1. The standard InChI is InChI=1S/C21H22N4O4S/c1-29-20-19(16-6-10-23-11-7-16)25(21(20)26)17-8-12-24(13-9-17)30(27,28)18-4-2-15(14-22)3-5-18/h2-7,10-11,17,19-20H,8-9,12-13H2,1H3. The molecule has 1 aromatic heterocycles. The molecule has 0 radical (unpaired) electrons. The average Bonchev–Trinajstić information content (AvgIpc) is 2.78. The number of nitriles is 1. The number of sulfonamides is 1. The van der Waals surface area contributed by atoms with Crippen molar-refractivity contribution in [3.05, 3.63) is 59.9 Å². The number of pyridine rings is 1. The third-order valence-corrected chi connectivity index (χ3v) is 7.74. The van der Waals surface area contributed by atoms with Crippen LogP contribution in [0.4, 0.5) is 0 Å². The van der Waals surface area contributed by atoms with Crippen molar-refractivity contribution in [1.29, 1.82) is 5.26 Å². The lowest BCUT2D eigenvalue weighted by Crippen LogP contribution is -2.64. The van der Waals surface area contributed by atoms with Crippen molar-refractivity contribution in [3.63, 3.8) is 0 Å². The Morgan fingerprint density at radius 1 is 1.10 bits per heavy atom. The van der Waals surface area contributed by atoms with Crippen LogP contribution in [0.25, 0.3) is 0 Å². The van der Waals surface area contributed by atoms with Crippen molar-refractivity contribution < 1.29 is 17.9 Å². The van der Waals surface area contributed by atoms with Crippen LogP contribution in [-0.2, 0) is 19.6 Å². The number of benzene rings is 1. The molecule has 2 aromatic rings. The summed E-state index contributed by atoms with van der Waals surface area (Å²) in [7, 11) is -2.10. The molecular weight excluding hydrogens is 404 g/mol. The van der Waals surface area contributed by atoms with E-state index in [-0.39, 0.29) is 22.9 Å². The highest BCUT2D eigenvalue weighted by atomic mass is 32.2. The number of ether oxygens (including phenoxy) is 1. The molecule has 2 aliphatic rings. The van der Waals surface area contributed by atoms with Gasteiger partial charge < -0.3 is 9.64 Å². The number of piperidine rings is 1. The van der Waals surface area contributed by atoms with E-state index in [9.17, 15) is 13.2 Å². The minimum Gasteiger partial charge on any atom is -0.369 e.